The van der Waals surface area contributed by atoms with Crippen molar-refractivity contribution < 1.29 is 88.0 Å². The highest BCUT2D eigenvalue weighted by molar-refractivity contribution is 5.90. The molecule has 5 rings (SSSR count). The molecule has 3 aliphatic rings. The molecule has 0 radical (unpaired) electrons. The van der Waals surface area contributed by atoms with Crippen molar-refractivity contribution in [3.8, 4) is 11.5 Å². The van der Waals surface area contributed by atoms with E-state index in [1.165, 1.54) is 25.1 Å². The molecule has 0 bridgehead atoms. The molecular formula is C32H38O19. The van der Waals surface area contributed by atoms with Crippen LogP contribution in [0.25, 0.3) is 11.0 Å². The number of allylic oxidation sites excluding steroid dienone is 1. The summed E-state index contributed by atoms with van der Waals surface area (Å²) < 4.78 is 43.0. The van der Waals surface area contributed by atoms with Crippen molar-refractivity contribution in [2.24, 2.45) is 5.92 Å². The topological polar surface area (TPSA) is 291 Å². The van der Waals surface area contributed by atoms with Crippen LogP contribution in [0.5, 0.6) is 11.5 Å². The van der Waals surface area contributed by atoms with E-state index in [2.05, 4.69) is 0 Å². The predicted molar refractivity (Wildman–Crippen MR) is 164 cm³/mol. The van der Waals surface area contributed by atoms with Gasteiger partial charge in [0.15, 0.2) is 17.8 Å². The fraction of sp³-hybridized carbons (Fsp3) is 0.531. The summed E-state index contributed by atoms with van der Waals surface area (Å²) in [6.45, 7) is 0.126. The van der Waals surface area contributed by atoms with Crippen molar-refractivity contribution in [2.75, 3.05) is 20.3 Å². The number of esters is 2. The summed E-state index contributed by atoms with van der Waals surface area (Å²) >= 11 is 0. The van der Waals surface area contributed by atoms with Gasteiger partial charge in [0.1, 0.15) is 61.0 Å². The third-order valence-electron chi connectivity index (χ3n) is 8.62. The average molecular weight is 727 g/mol. The number of aromatic hydroxyl groups is 1. The molecule has 2 aromatic rings. The van der Waals surface area contributed by atoms with Gasteiger partial charge in [-0.2, -0.15) is 0 Å². The summed E-state index contributed by atoms with van der Waals surface area (Å²) in [4.78, 5) is 37.3. The molecule has 1 aromatic heterocycles. The van der Waals surface area contributed by atoms with Gasteiger partial charge in [0.05, 0.1) is 32.0 Å². The zero-order valence-corrected chi connectivity index (χ0v) is 27.1. The van der Waals surface area contributed by atoms with E-state index in [1.54, 1.807) is 0 Å². The van der Waals surface area contributed by atoms with Gasteiger partial charge in [-0.3, -0.25) is 4.79 Å². The number of aliphatic hydroxyl groups excluding tert-OH is 7. The maximum atomic E-state index is 13.2. The third kappa shape index (κ3) is 8.02. The Balaban J connectivity index is 1.27. The molecule has 19 nitrogen and oxygen atoms in total. The summed E-state index contributed by atoms with van der Waals surface area (Å²) in [6.07, 6.45) is -16.3. The molecule has 3 aliphatic heterocycles. The van der Waals surface area contributed by atoms with E-state index in [0.29, 0.717) is 5.39 Å². The second kappa shape index (κ2) is 16.0. The summed E-state index contributed by atoms with van der Waals surface area (Å²) in [5.74, 6) is -3.68. The van der Waals surface area contributed by atoms with Crippen LogP contribution in [0.1, 0.15) is 13.3 Å². The molecule has 0 spiro atoms. The molecule has 0 saturated carbocycles. The van der Waals surface area contributed by atoms with Crippen molar-refractivity contribution in [1.82, 2.24) is 0 Å². The molecule has 51 heavy (non-hydrogen) atoms. The SMILES string of the molecule is C/C=C1/[C@H](O[C@@H]2O[C@H](CO)[C@@H](O)[C@H](O)[C@H]2O)OC=C(C(=O)OC)[C@@H]1CC(=O)OC[C@@H]1O[C@H](Oc2cc3ccc(=O)oc3cc2O)[C@@H](O)[C@H](O)[C@H]1O. The van der Waals surface area contributed by atoms with Crippen molar-refractivity contribution in [3.05, 3.63) is 58.2 Å². The zero-order valence-electron chi connectivity index (χ0n) is 27.1. The number of aliphatic hydroxyl groups is 7. The minimum absolute atomic E-state index is 0.0419. The predicted octanol–water partition coefficient (Wildman–Crippen LogP) is -2.59. The number of hydrogen-bond acceptors (Lipinski definition) is 19. The molecule has 2 fully saturated rings. The van der Waals surface area contributed by atoms with Gasteiger partial charge >= 0.3 is 17.6 Å². The highest BCUT2D eigenvalue weighted by Crippen LogP contribution is 2.37. The van der Waals surface area contributed by atoms with Gasteiger partial charge in [-0.25, -0.2) is 9.59 Å². The van der Waals surface area contributed by atoms with Crippen molar-refractivity contribution >= 4 is 22.9 Å². The Labute approximate surface area is 288 Å². The van der Waals surface area contributed by atoms with Crippen molar-refractivity contribution in [1.29, 1.82) is 0 Å². The summed E-state index contributed by atoms with van der Waals surface area (Å²) in [5, 5.41) is 82.6. The van der Waals surface area contributed by atoms with E-state index in [0.717, 1.165) is 25.5 Å². The van der Waals surface area contributed by atoms with E-state index < -0.39 is 117 Å². The van der Waals surface area contributed by atoms with Gasteiger partial charge in [0, 0.05) is 29.0 Å². The highest BCUT2D eigenvalue weighted by Gasteiger charge is 2.48. The maximum Gasteiger partial charge on any atom is 0.337 e. The number of benzene rings is 1. The minimum Gasteiger partial charge on any atom is -0.504 e. The lowest BCUT2D eigenvalue weighted by atomic mass is 9.86. The maximum absolute atomic E-state index is 13.2. The third-order valence-corrected chi connectivity index (χ3v) is 8.62. The lowest BCUT2D eigenvalue weighted by Gasteiger charge is -2.42. The summed E-state index contributed by atoms with van der Waals surface area (Å²) in [6, 6.07) is 4.91. The smallest absolute Gasteiger partial charge is 0.337 e. The first-order valence-corrected chi connectivity index (χ1v) is 15.6. The molecular weight excluding hydrogens is 688 g/mol. The van der Waals surface area contributed by atoms with Crippen LogP contribution in [0.3, 0.4) is 0 Å². The van der Waals surface area contributed by atoms with Crippen molar-refractivity contribution in [2.45, 2.75) is 81.0 Å². The Hall–Kier alpha value is -4.15. The molecule has 19 heteroatoms. The van der Waals surface area contributed by atoms with Crippen molar-refractivity contribution in [3.63, 3.8) is 0 Å². The van der Waals surface area contributed by atoms with E-state index in [9.17, 15) is 55.2 Å². The quantitative estimate of drug-likeness (QED) is 0.0708. The van der Waals surface area contributed by atoms with Gasteiger partial charge in [0.2, 0.25) is 12.6 Å². The van der Waals surface area contributed by atoms with E-state index in [4.69, 9.17) is 37.6 Å². The van der Waals surface area contributed by atoms with Gasteiger partial charge < -0.3 is 78.4 Å². The van der Waals surface area contributed by atoms with Crippen LogP contribution < -0.4 is 10.4 Å². The second-order valence-electron chi connectivity index (χ2n) is 11.8. The van der Waals surface area contributed by atoms with Crippen LogP contribution in [0.2, 0.25) is 0 Å². The molecule has 12 atom stereocenters. The molecule has 2 saturated heterocycles. The molecule has 0 aliphatic carbocycles. The standard InChI is InChI=1S/C32H38O19/c1-3-13-14(15(29(43)44-2)10-46-30(13)51-32-28(42)25(39)23(37)19(9-33)49-32)7-22(36)45-11-20-24(38)26(40)27(41)31(50-20)48-18-6-12-4-5-21(35)47-17(12)8-16(18)34/h3-6,8,10,14,19-20,23-28,30-34,37-42H,7,9,11H2,1-2H3/b13-3+/t14-,19-,20+,23-,24+,25+,26-,27+,28-,30+,31+,32+/m1/s1. The normalized spacial score (nSPS) is 34.8. The first kappa shape index (κ1) is 38.1. The number of hydrogen-bond donors (Lipinski definition) is 8. The first-order valence-electron chi connectivity index (χ1n) is 15.6. The number of phenolic OH excluding ortho intramolecular Hbond substituents is 1. The van der Waals surface area contributed by atoms with Crippen LogP contribution in [0.4, 0.5) is 0 Å². The monoisotopic (exact) mass is 726 g/mol. The lowest BCUT2D eigenvalue weighted by Crippen LogP contribution is -2.60. The van der Waals surface area contributed by atoms with Gasteiger partial charge in [-0.1, -0.05) is 6.08 Å². The Morgan fingerprint density at radius 1 is 0.902 bits per heavy atom. The molecule has 1 aromatic carbocycles. The zero-order chi connectivity index (χ0) is 37.1. The minimum atomic E-state index is -1.85. The fourth-order valence-corrected chi connectivity index (χ4v) is 5.78. The van der Waals surface area contributed by atoms with E-state index >= 15 is 0 Å². The number of carbonyl (C=O) groups excluding carboxylic acids is 2. The highest BCUT2D eigenvalue weighted by atomic mass is 16.8. The first-order chi connectivity index (χ1) is 24.3. The van der Waals surface area contributed by atoms with Crippen LogP contribution in [-0.4, -0.2) is 141 Å². The molecule has 4 heterocycles. The molecule has 0 amide bonds. The van der Waals surface area contributed by atoms with Crippen LogP contribution >= 0.6 is 0 Å². The number of rotatable bonds is 10. The summed E-state index contributed by atoms with van der Waals surface area (Å²) in [5.41, 5.74) is -0.595. The van der Waals surface area contributed by atoms with E-state index in [1.807, 2.05) is 0 Å². The van der Waals surface area contributed by atoms with Gasteiger partial charge in [0.25, 0.3) is 0 Å². The Bertz CT molecular complexity index is 1680. The second-order valence-corrected chi connectivity index (χ2v) is 11.8. The van der Waals surface area contributed by atoms with Gasteiger partial charge in [-0.05, 0) is 19.1 Å². The number of carbonyl (C=O) groups is 2. The fourth-order valence-electron chi connectivity index (χ4n) is 5.78. The molecule has 0 unspecified atom stereocenters. The average Bonchev–Trinajstić information content (AvgIpc) is 3.11. The lowest BCUT2D eigenvalue weighted by molar-refractivity contribution is -0.327. The number of ether oxygens (including phenoxy) is 7. The Morgan fingerprint density at radius 3 is 2.24 bits per heavy atom. The van der Waals surface area contributed by atoms with Gasteiger partial charge in [-0.15, -0.1) is 0 Å². The van der Waals surface area contributed by atoms with E-state index in [-0.39, 0.29) is 22.5 Å². The Morgan fingerprint density at radius 2 is 1.57 bits per heavy atom. The van der Waals surface area contributed by atoms with Crippen LogP contribution in [-0.2, 0) is 38.0 Å². The number of phenols is 1. The van der Waals surface area contributed by atoms with Crippen LogP contribution in [0.15, 0.2) is 57.0 Å². The summed E-state index contributed by atoms with van der Waals surface area (Å²) in [7, 11) is 1.10. The van der Waals surface area contributed by atoms with Crippen LogP contribution in [0, 0.1) is 5.92 Å². The number of fused-ring (bicyclic) bond motifs is 1. The number of methoxy groups -OCH3 is 1. The molecule has 8 N–H and O–H groups in total. The molecule has 280 valence electrons. The Kier molecular flexibility index (Phi) is 12.0. The largest absolute Gasteiger partial charge is 0.504 e.